The molecule has 0 spiro atoms. The van der Waals surface area contributed by atoms with Crippen molar-refractivity contribution < 1.29 is 4.74 Å². The fourth-order valence-electron chi connectivity index (χ4n) is 2.28. The van der Waals surface area contributed by atoms with Crippen molar-refractivity contribution in [2.45, 2.75) is 38.1 Å². The van der Waals surface area contributed by atoms with Crippen LogP contribution in [-0.4, -0.2) is 12.6 Å². The van der Waals surface area contributed by atoms with E-state index in [-0.39, 0.29) is 11.5 Å². The van der Waals surface area contributed by atoms with Gasteiger partial charge in [-0.2, -0.15) is 0 Å². The molecule has 0 saturated heterocycles. The highest BCUT2D eigenvalue weighted by atomic mass is 35.5. The standard InChI is InChI=1S/C13H18ClNO/c1-3-16-12-5-4-10(14)8-11(12)13(6-7-13)9(2)15/h4-5,8-9H,3,6-7,15H2,1-2H3. The molecule has 1 saturated carbocycles. The third kappa shape index (κ3) is 1.92. The Kier molecular flexibility index (Phi) is 3.13. The number of rotatable bonds is 4. The van der Waals surface area contributed by atoms with Crippen molar-refractivity contribution in [2.24, 2.45) is 5.73 Å². The van der Waals surface area contributed by atoms with Crippen LogP contribution in [0.3, 0.4) is 0 Å². The van der Waals surface area contributed by atoms with Crippen LogP contribution in [0.15, 0.2) is 18.2 Å². The molecular formula is C13H18ClNO. The van der Waals surface area contributed by atoms with Gasteiger partial charge in [0.05, 0.1) is 6.61 Å². The van der Waals surface area contributed by atoms with E-state index in [1.54, 1.807) is 0 Å². The van der Waals surface area contributed by atoms with E-state index in [0.717, 1.165) is 23.6 Å². The second-order valence-electron chi connectivity index (χ2n) is 4.52. The zero-order valence-corrected chi connectivity index (χ0v) is 10.6. The average Bonchev–Trinajstić information content (AvgIpc) is 3.02. The highest BCUT2D eigenvalue weighted by molar-refractivity contribution is 6.30. The lowest BCUT2D eigenvalue weighted by molar-refractivity contribution is 0.330. The van der Waals surface area contributed by atoms with Crippen LogP contribution in [-0.2, 0) is 5.41 Å². The summed E-state index contributed by atoms with van der Waals surface area (Å²) in [6.07, 6.45) is 2.26. The second-order valence-corrected chi connectivity index (χ2v) is 4.95. The Bertz CT molecular complexity index is 386. The summed E-state index contributed by atoms with van der Waals surface area (Å²) in [4.78, 5) is 0. The van der Waals surface area contributed by atoms with E-state index in [1.807, 2.05) is 25.1 Å². The Morgan fingerprint density at radius 3 is 2.69 bits per heavy atom. The van der Waals surface area contributed by atoms with Gasteiger partial charge in [0.25, 0.3) is 0 Å². The number of ether oxygens (including phenoxy) is 1. The van der Waals surface area contributed by atoms with Gasteiger partial charge in [-0.3, -0.25) is 0 Å². The predicted octanol–water partition coefficient (Wildman–Crippen LogP) is 3.12. The van der Waals surface area contributed by atoms with E-state index in [0.29, 0.717) is 6.61 Å². The first kappa shape index (κ1) is 11.7. The molecule has 1 unspecified atom stereocenters. The summed E-state index contributed by atoms with van der Waals surface area (Å²) in [7, 11) is 0. The van der Waals surface area contributed by atoms with E-state index >= 15 is 0 Å². The molecule has 2 N–H and O–H groups in total. The molecule has 16 heavy (non-hydrogen) atoms. The average molecular weight is 240 g/mol. The summed E-state index contributed by atoms with van der Waals surface area (Å²) in [5.41, 5.74) is 7.35. The number of nitrogens with two attached hydrogens (primary N) is 1. The highest BCUT2D eigenvalue weighted by Crippen LogP contribution is 2.53. The van der Waals surface area contributed by atoms with E-state index in [4.69, 9.17) is 22.1 Å². The topological polar surface area (TPSA) is 35.2 Å². The first-order valence-electron chi connectivity index (χ1n) is 5.78. The number of halogens is 1. The fourth-order valence-corrected chi connectivity index (χ4v) is 2.45. The molecule has 3 heteroatoms. The van der Waals surface area contributed by atoms with Crippen molar-refractivity contribution in [1.82, 2.24) is 0 Å². The van der Waals surface area contributed by atoms with Crippen LogP contribution >= 0.6 is 11.6 Å². The van der Waals surface area contributed by atoms with Crippen molar-refractivity contribution in [3.63, 3.8) is 0 Å². The fraction of sp³-hybridized carbons (Fsp3) is 0.538. The third-order valence-electron chi connectivity index (χ3n) is 3.44. The van der Waals surface area contributed by atoms with Gasteiger partial charge in [-0.05, 0) is 44.9 Å². The van der Waals surface area contributed by atoms with Gasteiger partial charge in [-0.25, -0.2) is 0 Å². The molecule has 0 radical (unpaired) electrons. The molecule has 1 atom stereocenters. The molecule has 1 fully saturated rings. The third-order valence-corrected chi connectivity index (χ3v) is 3.67. The van der Waals surface area contributed by atoms with Crippen molar-refractivity contribution in [1.29, 1.82) is 0 Å². The summed E-state index contributed by atoms with van der Waals surface area (Å²) in [6.45, 7) is 4.72. The zero-order chi connectivity index (χ0) is 11.8. The van der Waals surface area contributed by atoms with Crippen LogP contribution in [0.2, 0.25) is 5.02 Å². The Morgan fingerprint density at radius 1 is 1.50 bits per heavy atom. The largest absolute Gasteiger partial charge is 0.494 e. The molecule has 0 heterocycles. The zero-order valence-electron chi connectivity index (χ0n) is 9.79. The van der Waals surface area contributed by atoms with Crippen LogP contribution in [0, 0.1) is 0 Å². The van der Waals surface area contributed by atoms with Crippen molar-refractivity contribution >= 4 is 11.6 Å². The molecule has 0 amide bonds. The minimum Gasteiger partial charge on any atom is -0.494 e. The van der Waals surface area contributed by atoms with Gasteiger partial charge in [0.15, 0.2) is 0 Å². The van der Waals surface area contributed by atoms with E-state index in [2.05, 4.69) is 6.92 Å². The number of hydrogen-bond donors (Lipinski definition) is 1. The van der Waals surface area contributed by atoms with Gasteiger partial charge >= 0.3 is 0 Å². The van der Waals surface area contributed by atoms with Gasteiger partial charge in [0.2, 0.25) is 0 Å². The SMILES string of the molecule is CCOc1ccc(Cl)cc1C1(C(C)N)CC1. The summed E-state index contributed by atoms with van der Waals surface area (Å²) >= 11 is 6.06. The van der Waals surface area contributed by atoms with E-state index in [9.17, 15) is 0 Å². The highest BCUT2D eigenvalue weighted by Gasteiger charge is 2.49. The van der Waals surface area contributed by atoms with Crippen LogP contribution in [0.1, 0.15) is 32.3 Å². The van der Waals surface area contributed by atoms with Crippen LogP contribution in [0.25, 0.3) is 0 Å². The first-order valence-corrected chi connectivity index (χ1v) is 6.16. The Labute approximate surface area is 102 Å². The van der Waals surface area contributed by atoms with E-state index < -0.39 is 0 Å². The number of benzene rings is 1. The number of hydrogen-bond acceptors (Lipinski definition) is 2. The molecule has 0 bridgehead atoms. The quantitative estimate of drug-likeness (QED) is 0.876. The molecule has 0 aromatic heterocycles. The minimum atomic E-state index is 0.0927. The molecular weight excluding hydrogens is 222 g/mol. The van der Waals surface area contributed by atoms with Crippen molar-refractivity contribution in [3.8, 4) is 5.75 Å². The van der Waals surface area contributed by atoms with Crippen molar-refractivity contribution in [3.05, 3.63) is 28.8 Å². The smallest absolute Gasteiger partial charge is 0.123 e. The Balaban J connectivity index is 2.42. The lowest BCUT2D eigenvalue weighted by atomic mass is 9.89. The lowest BCUT2D eigenvalue weighted by Gasteiger charge is -2.23. The maximum absolute atomic E-state index is 6.08. The molecule has 2 nitrogen and oxygen atoms in total. The second kappa shape index (κ2) is 4.27. The molecule has 1 aliphatic rings. The summed E-state index contributed by atoms with van der Waals surface area (Å²) in [5.74, 6) is 0.932. The molecule has 1 aromatic rings. The van der Waals surface area contributed by atoms with Gasteiger partial charge in [0, 0.05) is 22.0 Å². The summed E-state index contributed by atoms with van der Waals surface area (Å²) in [5, 5.41) is 0.755. The normalized spacial score (nSPS) is 19.2. The van der Waals surface area contributed by atoms with Gasteiger partial charge in [-0.15, -0.1) is 0 Å². The summed E-state index contributed by atoms with van der Waals surface area (Å²) < 4.78 is 5.65. The molecule has 2 rings (SSSR count). The minimum absolute atomic E-state index is 0.0927. The van der Waals surface area contributed by atoms with Crippen LogP contribution in [0.5, 0.6) is 5.75 Å². The Hall–Kier alpha value is -0.730. The molecule has 88 valence electrons. The predicted molar refractivity (Wildman–Crippen MR) is 67.2 cm³/mol. The monoisotopic (exact) mass is 239 g/mol. The lowest BCUT2D eigenvalue weighted by Crippen LogP contribution is -2.32. The van der Waals surface area contributed by atoms with Crippen LogP contribution in [0.4, 0.5) is 0 Å². The van der Waals surface area contributed by atoms with Gasteiger partial charge < -0.3 is 10.5 Å². The first-order chi connectivity index (χ1) is 7.60. The van der Waals surface area contributed by atoms with Gasteiger partial charge in [-0.1, -0.05) is 11.6 Å². The molecule has 1 aromatic carbocycles. The van der Waals surface area contributed by atoms with Gasteiger partial charge in [0.1, 0.15) is 5.75 Å². The molecule has 0 aliphatic heterocycles. The van der Waals surface area contributed by atoms with E-state index in [1.165, 1.54) is 5.56 Å². The molecule has 1 aliphatic carbocycles. The Morgan fingerprint density at radius 2 is 2.19 bits per heavy atom. The maximum Gasteiger partial charge on any atom is 0.123 e. The van der Waals surface area contributed by atoms with Crippen LogP contribution < -0.4 is 10.5 Å². The van der Waals surface area contributed by atoms with Crippen molar-refractivity contribution in [2.75, 3.05) is 6.61 Å². The summed E-state index contributed by atoms with van der Waals surface area (Å²) in [6, 6.07) is 5.96. The maximum atomic E-state index is 6.08.